The largest absolute Gasteiger partial charge is 0.294 e. The highest BCUT2D eigenvalue weighted by Crippen LogP contribution is 2.40. The zero-order valence-corrected chi connectivity index (χ0v) is 21.6. The summed E-state index contributed by atoms with van der Waals surface area (Å²) >= 11 is 7.05. The fourth-order valence-corrected chi connectivity index (χ4v) is 6.23. The topological polar surface area (TPSA) is 6.48 Å². The average Bonchev–Trinajstić information content (AvgIpc) is 3.28. The molecular weight excluding hydrogens is 460 g/mol. The van der Waals surface area contributed by atoms with Crippen molar-refractivity contribution in [2.24, 2.45) is 0 Å². The summed E-state index contributed by atoms with van der Waals surface area (Å²) in [5.74, 6) is 0.607. The van der Waals surface area contributed by atoms with E-state index in [0.29, 0.717) is 11.9 Å². The number of alkyl halides is 1. The molecule has 1 aliphatic rings. The maximum absolute atomic E-state index is 7.05. The normalized spacial score (nSPS) is 20.1. The van der Waals surface area contributed by atoms with E-state index in [1.54, 1.807) is 0 Å². The summed E-state index contributed by atoms with van der Waals surface area (Å²) in [6.07, 6.45) is 2.04. The van der Waals surface area contributed by atoms with Crippen molar-refractivity contribution in [2.75, 3.05) is 12.4 Å². The van der Waals surface area contributed by atoms with Gasteiger partial charge in [-0.05, 0) is 35.1 Å². The molecule has 4 aromatic carbocycles. The Kier molecular flexibility index (Phi) is 8.18. The molecule has 0 spiro atoms. The Morgan fingerprint density at radius 2 is 1.08 bits per heavy atom. The summed E-state index contributed by atoms with van der Waals surface area (Å²) in [7, 11) is 0. The van der Waals surface area contributed by atoms with Crippen LogP contribution < -0.4 is 0 Å². The van der Waals surface area contributed by atoms with Gasteiger partial charge in [-0.1, -0.05) is 121 Å². The summed E-state index contributed by atoms with van der Waals surface area (Å²) in [6.45, 7) is 3.75. The smallest absolute Gasteiger partial charge is 0.0522 e. The van der Waals surface area contributed by atoms with Crippen LogP contribution in [0.5, 0.6) is 0 Å². The molecule has 5 rings (SSSR count). The third-order valence-electron chi connectivity index (χ3n) is 7.69. The molecule has 184 valence electrons. The van der Waals surface area contributed by atoms with E-state index in [-0.39, 0.29) is 5.54 Å². The van der Waals surface area contributed by atoms with Crippen LogP contribution >= 0.6 is 11.6 Å². The van der Waals surface area contributed by atoms with Crippen LogP contribution in [0, 0.1) is 0 Å². The minimum absolute atomic E-state index is 0.141. The van der Waals surface area contributed by atoms with E-state index in [9.17, 15) is 0 Å². The lowest BCUT2D eigenvalue weighted by molar-refractivity contribution is 0.0478. The van der Waals surface area contributed by atoms with E-state index in [0.717, 1.165) is 39.0 Å². The first-order chi connectivity index (χ1) is 17.8. The molecule has 36 heavy (non-hydrogen) atoms. The molecule has 0 N–H and O–H groups in total. The molecule has 0 aliphatic carbocycles. The Labute approximate surface area is 221 Å². The Morgan fingerprint density at radius 1 is 0.639 bits per heavy atom. The molecule has 2 unspecified atom stereocenters. The zero-order chi connectivity index (χ0) is 24.6. The van der Waals surface area contributed by atoms with Gasteiger partial charge in [0.1, 0.15) is 0 Å². The zero-order valence-electron chi connectivity index (χ0n) is 20.8. The quantitative estimate of drug-likeness (QED) is 0.215. The van der Waals surface area contributed by atoms with Crippen LogP contribution in [0.15, 0.2) is 121 Å². The van der Waals surface area contributed by atoms with Gasteiger partial charge in [0.15, 0.2) is 0 Å². The molecule has 1 fully saturated rings. The lowest BCUT2D eigenvalue weighted by Crippen LogP contribution is -2.58. The third kappa shape index (κ3) is 5.73. The van der Waals surface area contributed by atoms with Crippen molar-refractivity contribution in [1.29, 1.82) is 0 Å². The van der Waals surface area contributed by atoms with Crippen LogP contribution in [0.1, 0.15) is 28.7 Å². The molecule has 0 radical (unpaired) electrons. The van der Waals surface area contributed by atoms with Crippen molar-refractivity contribution in [2.45, 2.75) is 44.1 Å². The summed E-state index contributed by atoms with van der Waals surface area (Å²) in [6, 6.07) is 43.8. The highest BCUT2D eigenvalue weighted by molar-refractivity contribution is 6.18. The number of nitrogens with zero attached hydrogens (tertiary/aromatic N) is 2. The number of benzene rings is 4. The van der Waals surface area contributed by atoms with Gasteiger partial charge in [0.25, 0.3) is 0 Å². The van der Waals surface area contributed by atoms with Crippen LogP contribution in [0.25, 0.3) is 0 Å². The van der Waals surface area contributed by atoms with Crippen LogP contribution in [-0.2, 0) is 26.1 Å². The fourth-order valence-electron chi connectivity index (χ4n) is 5.75. The van der Waals surface area contributed by atoms with Gasteiger partial charge in [-0.25, -0.2) is 0 Å². The molecule has 2 nitrogen and oxygen atoms in total. The van der Waals surface area contributed by atoms with Gasteiger partial charge in [-0.15, -0.1) is 11.6 Å². The van der Waals surface area contributed by atoms with Crippen molar-refractivity contribution >= 4 is 11.6 Å². The number of hydrogen-bond acceptors (Lipinski definition) is 2. The second-order valence-electron chi connectivity index (χ2n) is 9.98. The van der Waals surface area contributed by atoms with Gasteiger partial charge in [0, 0.05) is 38.1 Å². The SMILES string of the molecule is ClCC1(N(Cc2ccccc2)Cc2ccccc2)CCN(Cc2ccccc2)C1Cc1ccccc1. The highest BCUT2D eigenvalue weighted by Gasteiger charge is 2.50. The molecule has 1 saturated heterocycles. The van der Waals surface area contributed by atoms with E-state index < -0.39 is 0 Å². The lowest BCUT2D eigenvalue weighted by atomic mass is 9.85. The van der Waals surface area contributed by atoms with Crippen molar-refractivity contribution in [1.82, 2.24) is 9.80 Å². The van der Waals surface area contributed by atoms with Crippen LogP contribution in [0.2, 0.25) is 0 Å². The maximum atomic E-state index is 7.05. The molecule has 1 heterocycles. The van der Waals surface area contributed by atoms with Crippen molar-refractivity contribution in [3.63, 3.8) is 0 Å². The monoisotopic (exact) mass is 494 g/mol. The Balaban J connectivity index is 1.53. The fraction of sp³-hybridized carbons (Fsp3) is 0.273. The Morgan fingerprint density at radius 3 is 1.56 bits per heavy atom. The Bertz CT molecular complexity index is 1140. The van der Waals surface area contributed by atoms with Gasteiger partial charge in [0.2, 0.25) is 0 Å². The summed E-state index contributed by atoms with van der Waals surface area (Å²) in [4.78, 5) is 5.34. The van der Waals surface area contributed by atoms with E-state index >= 15 is 0 Å². The first kappa shape index (κ1) is 24.8. The number of hydrogen-bond donors (Lipinski definition) is 0. The lowest BCUT2D eigenvalue weighted by Gasteiger charge is -2.46. The van der Waals surface area contributed by atoms with E-state index in [2.05, 4.69) is 131 Å². The van der Waals surface area contributed by atoms with Crippen LogP contribution in [0.3, 0.4) is 0 Å². The first-order valence-corrected chi connectivity index (χ1v) is 13.5. The molecule has 3 heteroatoms. The van der Waals surface area contributed by atoms with E-state index in [1.165, 1.54) is 22.3 Å². The van der Waals surface area contributed by atoms with E-state index in [1.807, 2.05) is 0 Å². The molecule has 0 aromatic heterocycles. The minimum atomic E-state index is -0.141. The molecule has 4 aromatic rings. The van der Waals surface area contributed by atoms with Crippen LogP contribution in [-0.4, -0.2) is 33.8 Å². The molecular formula is C33H35ClN2. The predicted molar refractivity (Wildman–Crippen MR) is 151 cm³/mol. The van der Waals surface area contributed by atoms with Gasteiger partial charge >= 0.3 is 0 Å². The summed E-state index contributed by atoms with van der Waals surface area (Å²) in [5, 5.41) is 0. The van der Waals surface area contributed by atoms with Crippen molar-refractivity contribution in [3.8, 4) is 0 Å². The second kappa shape index (κ2) is 11.9. The molecule has 0 amide bonds. The maximum Gasteiger partial charge on any atom is 0.0522 e. The second-order valence-corrected chi connectivity index (χ2v) is 10.2. The number of rotatable bonds is 10. The Hall–Kier alpha value is -2.91. The number of halogens is 1. The van der Waals surface area contributed by atoms with Gasteiger partial charge in [-0.3, -0.25) is 9.80 Å². The summed E-state index contributed by atoms with van der Waals surface area (Å²) < 4.78 is 0. The highest BCUT2D eigenvalue weighted by atomic mass is 35.5. The average molecular weight is 495 g/mol. The minimum Gasteiger partial charge on any atom is -0.294 e. The van der Waals surface area contributed by atoms with Gasteiger partial charge < -0.3 is 0 Å². The molecule has 2 atom stereocenters. The molecule has 0 bridgehead atoms. The molecule has 0 saturated carbocycles. The standard InChI is InChI=1S/C33H35ClN2/c34-27-33(36(25-30-17-9-3-10-18-30)26-31-19-11-4-12-20-31)21-22-35(24-29-15-7-2-8-16-29)32(33)23-28-13-5-1-6-14-28/h1-20,32H,21-27H2. The number of likely N-dealkylation sites (tertiary alicyclic amines) is 1. The third-order valence-corrected chi connectivity index (χ3v) is 8.15. The van der Waals surface area contributed by atoms with E-state index in [4.69, 9.17) is 11.6 Å². The first-order valence-electron chi connectivity index (χ1n) is 13.0. The summed E-state index contributed by atoms with van der Waals surface area (Å²) in [5.41, 5.74) is 5.25. The molecule has 1 aliphatic heterocycles. The van der Waals surface area contributed by atoms with Crippen molar-refractivity contribution in [3.05, 3.63) is 144 Å². The predicted octanol–water partition coefficient (Wildman–Crippen LogP) is 7.18. The van der Waals surface area contributed by atoms with Gasteiger partial charge in [-0.2, -0.15) is 0 Å². The van der Waals surface area contributed by atoms with Crippen LogP contribution in [0.4, 0.5) is 0 Å². The van der Waals surface area contributed by atoms with Gasteiger partial charge in [0.05, 0.1) is 5.54 Å². The van der Waals surface area contributed by atoms with Crippen molar-refractivity contribution < 1.29 is 0 Å².